The summed E-state index contributed by atoms with van der Waals surface area (Å²) in [6.45, 7) is -0.642. The highest BCUT2D eigenvalue weighted by Gasteiger charge is 2.35. The van der Waals surface area contributed by atoms with Gasteiger partial charge in [-0.1, -0.05) is 48.5 Å². The zero-order valence-electron chi connectivity index (χ0n) is 11.6. The summed E-state index contributed by atoms with van der Waals surface area (Å²) in [6, 6.07) is 15.5. The Labute approximate surface area is 123 Å². The third-order valence-electron chi connectivity index (χ3n) is 3.89. The van der Waals surface area contributed by atoms with Gasteiger partial charge in [0.1, 0.15) is 6.67 Å². The van der Waals surface area contributed by atoms with Crippen molar-refractivity contribution in [3.05, 3.63) is 65.7 Å². The first-order valence-corrected chi connectivity index (χ1v) is 7.00. The van der Waals surface area contributed by atoms with Crippen molar-refractivity contribution in [2.75, 3.05) is 11.6 Å². The summed E-state index contributed by atoms with van der Waals surface area (Å²) in [7, 11) is 0. The van der Waals surface area contributed by atoms with Gasteiger partial charge in [-0.05, 0) is 23.6 Å². The molecule has 0 fully saturated rings. The first-order valence-electron chi connectivity index (χ1n) is 7.00. The molecule has 4 heteroatoms. The minimum atomic E-state index is -0.642. The van der Waals surface area contributed by atoms with Crippen LogP contribution in [0.15, 0.2) is 54.6 Å². The van der Waals surface area contributed by atoms with Crippen LogP contribution in [0.5, 0.6) is 0 Å². The molecule has 3 nitrogen and oxygen atoms in total. The Morgan fingerprint density at radius 1 is 1.14 bits per heavy atom. The van der Waals surface area contributed by atoms with Crippen molar-refractivity contribution in [2.45, 2.75) is 18.5 Å². The van der Waals surface area contributed by atoms with Crippen LogP contribution in [-0.2, 0) is 11.2 Å². The summed E-state index contributed by atoms with van der Waals surface area (Å²) < 4.78 is 13.7. The van der Waals surface area contributed by atoms with Gasteiger partial charge in [-0.2, -0.15) is 0 Å². The number of alkyl halides is 1. The van der Waals surface area contributed by atoms with Crippen LogP contribution in [0.4, 0.5) is 10.1 Å². The highest BCUT2D eigenvalue weighted by atomic mass is 19.1. The number of anilines is 1. The molecule has 2 aromatic rings. The number of benzene rings is 2. The van der Waals surface area contributed by atoms with Gasteiger partial charge in [0.25, 0.3) is 0 Å². The molecular formula is C17H17FN2O. The quantitative estimate of drug-likeness (QED) is 0.941. The van der Waals surface area contributed by atoms with E-state index in [2.05, 4.69) is 0 Å². The second-order valence-corrected chi connectivity index (χ2v) is 5.23. The molecule has 2 aromatic carbocycles. The maximum absolute atomic E-state index is 13.7. The Hall–Kier alpha value is -2.20. The Morgan fingerprint density at radius 3 is 2.52 bits per heavy atom. The van der Waals surface area contributed by atoms with Crippen LogP contribution in [0.25, 0.3) is 0 Å². The Morgan fingerprint density at radius 2 is 1.81 bits per heavy atom. The summed E-state index contributed by atoms with van der Waals surface area (Å²) in [5.41, 5.74) is 8.46. The normalized spacial score (nSPS) is 19.2. The number of carbonyl (C=O) groups is 1. The van der Waals surface area contributed by atoms with Gasteiger partial charge in [-0.3, -0.25) is 4.79 Å². The number of hydrogen-bond acceptors (Lipinski definition) is 2. The molecule has 2 atom stereocenters. The number of nitrogens with two attached hydrogens (primary N) is 1. The predicted molar refractivity (Wildman–Crippen MR) is 80.8 cm³/mol. The highest BCUT2D eigenvalue weighted by molar-refractivity contribution is 6.00. The number of carbonyl (C=O) groups excluding carboxylic acids is 1. The van der Waals surface area contributed by atoms with Crippen LogP contribution >= 0.6 is 0 Å². The number of nitrogens with zero attached hydrogens (tertiary/aromatic N) is 1. The topological polar surface area (TPSA) is 46.3 Å². The predicted octanol–water partition coefficient (Wildman–Crippen LogP) is 2.61. The first-order chi connectivity index (χ1) is 10.2. The first kappa shape index (κ1) is 13.8. The van der Waals surface area contributed by atoms with Crippen LogP contribution in [0, 0.1) is 0 Å². The summed E-state index contributed by atoms with van der Waals surface area (Å²) in [4.78, 5) is 14.0. The fourth-order valence-corrected chi connectivity index (χ4v) is 2.84. The number of halogens is 1. The molecule has 1 amide bonds. The number of rotatable bonds is 3. The molecule has 0 radical (unpaired) electrons. The molecule has 0 spiro atoms. The molecule has 0 aliphatic carbocycles. The molecule has 0 unspecified atom stereocenters. The van der Waals surface area contributed by atoms with E-state index in [0.717, 1.165) is 16.8 Å². The van der Waals surface area contributed by atoms with Crippen LogP contribution in [0.3, 0.4) is 0 Å². The molecule has 1 aliphatic rings. The molecule has 0 saturated heterocycles. The number of fused-ring (bicyclic) bond motifs is 1. The van der Waals surface area contributed by atoms with E-state index in [1.54, 1.807) is 0 Å². The van der Waals surface area contributed by atoms with E-state index in [1.165, 1.54) is 4.90 Å². The lowest BCUT2D eigenvalue weighted by atomic mass is 9.94. The van der Waals surface area contributed by atoms with Gasteiger partial charge in [0.15, 0.2) is 0 Å². The highest BCUT2D eigenvalue weighted by Crippen LogP contribution is 2.34. The molecule has 1 aliphatic heterocycles. The lowest BCUT2D eigenvalue weighted by Gasteiger charge is -2.37. The van der Waals surface area contributed by atoms with Gasteiger partial charge in [0.2, 0.25) is 5.91 Å². The van der Waals surface area contributed by atoms with Crippen LogP contribution in [0.1, 0.15) is 17.2 Å². The fraction of sp³-hybridized carbons (Fsp3) is 0.235. The Bertz CT molecular complexity index is 644. The van der Waals surface area contributed by atoms with Gasteiger partial charge in [-0.15, -0.1) is 0 Å². The molecule has 21 heavy (non-hydrogen) atoms. The largest absolute Gasteiger partial charge is 0.320 e. The summed E-state index contributed by atoms with van der Waals surface area (Å²) in [6.07, 6.45) is 0.499. The van der Waals surface area contributed by atoms with Crippen molar-refractivity contribution in [3.8, 4) is 0 Å². The van der Waals surface area contributed by atoms with Crippen molar-refractivity contribution in [2.24, 2.45) is 5.73 Å². The van der Waals surface area contributed by atoms with E-state index >= 15 is 0 Å². The SMILES string of the molecule is N[C@@H]1Cc2ccccc2N([C@@H](CF)c2ccccc2)C1=O. The van der Waals surface area contributed by atoms with E-state index in [1.807, 2.05) is 54.6 Å². The summed E-state index contributed by atoms with van der Waals surface area (Å²) in [5, 5.41) is 0. The average molecular weight is 284 g/mol. The van der Waals surface area contributed by atoms with E-state index in [4.69, 9.17) is 5.73 Å². The fourth-order valence-electron chi connectivity index (χ4n) is 2.84. The molecule has 1 heterocycles. The molecular weight excluding hydrogens is 267 g/mol. The minimum absolute atomic E-state index is 0.222. The van der Waals surface area contributed by atoms with Crippen molar-refractivity contribution in [1.82, 2.24) is 0 Å². The standard InChI is InChI=1S/C17H17FN2O/c18-11-16(12-6-2-1-3-7-12)20-15-9-5-4-8-13(15)10-14(19)17(20)21/h1-9,14,16H,10-11,19H2/t14-,16+/m1/s1. The van der Waals surface area contributed by atoms with E-state index in [-0.39, 0.29) is 5.91 Å². The van der Waals surface area contributed by atoms with Crippen molar-refractivity contribution >= 4 is 11.6 Å². The van der Waals surface area contributed by atoms with Gasteiger partial charge < -0.3 is 10.6 Å². The van der Waals surface area contributed by atoms with Gasteiger partial charge in [0, 0.05) is 5.69 Å². The molecule has 3 rings (SSSR count). The maximum Gasteiger partial charge on any atom is 0.244 e. The molecule has 0 saturated carbocycles. The van der Waals surface area contributed by atoms with Gasteiger partial charge >= 0.3 is 0 Å². The van der Waals surface area contributed by atoms with Gasteiger partial charge in [-0.25, -0.2) is 4.39 Å². The third kappa shape index (κ3) is 2.43. The second kappa shape index (κ2) is 5.66. The molecule has 2 N–H and O–H groups in total. The third-order valence-corrected chi connectivity index (χ3v) is 3.89. The Kier molecular flexibility index (Phi) is 3.71. The van der Waals surface area contributed by atoms with Crippen LogP contribution in [0.2, 0.25) is 0 Å². The van der Waals surface area contributed by atoms with Crippen molar-refractivity contribution in [3.63, 3.8) is 0 Å². The monoisotopic (exact) mass is 284 g/mol. The van der Waals surface area contributed by atoms with Crippen molar-refractivity contribution < 1.29 is 9.18 Å². The average Bonchev–Trinajstić information content (AvgIpc) is 2.53. The summed E-state index contributed by atoms with van der Waals surface area (Å²) in [5.74, 6) is -0.222. The van der Waals surface area contributed by atoms with Gasteiger partial charge in [0.05, 0.1) is 12.1 Å². The van der Waals surface area contributed by atoms with E-state index in [0.29, 0.717) is 6.42 Å². The number of hydrogen-bond donors (Lipinski definition) is 1. The zero-order valence-corrected chi connectivity index (χ0v) is 11.6. The smallest absolute Gasteiger partial charge is 0.244 e. The second-order valence-electron chi connectivity index (χ2n) is 5.23. The molecule has 108 valence electrons. The molecule has 0 bridgehead atoms. The van der Waals surface area contributed by atoms with Crippen molar-refractivity contribution in [1.29, 1.82) is 0 Å². The maximum atomic E-state index is 13.7. The van der Waals surface area contributed by atoms with Crippen LogP contribution < -0.4 is 10.6 Å². The number of amides is 1. The lowest BCUT2D eigenvalue weighted by Crippen LogP contribution is -2.50. The minimum Gasteiger partial charge on any atom is -0.320 e. The van der Waals surface area contributed by atoms with E-state index in [9.17, 15) is 9.18 Å². The van der Waals surface area contributed by atoms with Crippen LogP contribution in [-0.4, -0.2) is 18.6 Å². The number of para-hydroxylation sites is 1. The molecule has 0 aromatic heterocycles. The van der Waals surface area contributed by atoms with E-state index < -0.39 is 18.8 Å². The lowest BCUT2D eigenvalue weighted by molar-refractivity contribution is -0.120. The zero-order chi connectivity index (χ0) is 14.8. The summed E-state index contributed by atoms with van der Waals surface area (Å²) >= 11 is 0. The Balaban J connectivity index is 2.08.